The number of halogens is 1. The number of anilines is 2. The third-order valence-corrected chi connectivity index (χ3v) is 6.64. The van der Waals surface area contributed by atoms with Gasteiger partial charge in [-0.05, 0) is 48.7 Å². The first kappa shape index (κ1) is 16.9. The van der Waals surface area contributed by atoms with Gasteiger partial charge in [0.25, 0.3) is 10.0 Å². The Morgan fingerprint density at radius 2 is 1.69 bits per heavy atom. The van der Waals surface area contributed by atoms with Crippen molar-refractivity contribution in [3.63, 3.8) is 0 Å². The van der Waals surface area contributed by atoms with E-state index >= 15 is 0 Å². The van der Waals surface area contributed by atoms with Crippen molar-refractivity contribution in [1.29, 1.82) is 0 Å². The van der Waals surface area contributed by atoms with Gasteiger partial charge in [-0.1, -0.05) is 35.9 Å². The number of sulfonamides is 1. The number of carbonyl (C=O) groups is 1. The number of carbonyl (C=O) groups excluding carboxylic acids is 1. The van der Waals surface area contributed by atoms with Crippen LogP contribution in [0.4, 0.5) is 11.4 Å². The van der Waals surface area contributed by atoms with Gasteiger partial charge in [-0.2, -0.15) is 0 Å². The highest BCUT2D eigenvalue weighted by Gasteiger charge is 2.40. The van der Waals surface area contributed by atoms with Gasteiger partial charge in [-0.15, -0.1) is 0 Å². The Kier molecular flexibility index (Phi) is 3.89. The van der Waals surface area contributed by atoms with Crippen LogP contribution in [-0.2, 0) is 14.8 Å². The summed E-state index contributed by atoms with van der Waals surface area (Å²) in [6.45, 7) is 1.58. The number of rotatable bonds is 3. The maximum atomic E-state index is 13.0. The van der Waals surface area contributed by atoms with Gasteiger partial charge >= 0.3 is 0 Å². The molecule has 0 aliphatic carbocycles. The van der Waals surface area contributed by atoms with E-state index in [1.165, 1.54) is 4.31 Å². The highest BCUT2D eigenvalue weighted by Crippen LogP contribution is 2.43. The molecular formula is C19H15ClN2O3S. The van der Waals surface area contributed by atoms with E-state index < -0.39 is 22.0 Å². The predicted molar refractivity (Wildman–Crippen MR) is 103 cm³/mol. The molecule has 26 heavy (non-hydrogen) atoms. The molecule has 0 fully saturated rings. The molecule has 0 aromatic heterocycles. The van der Waals surface area contributed by atoms with Crippen molar-refractivity contribution in [3.8, 4) is 0 Å². The average Bonchev–Trinajstić information content (AvgIpc) is 2.85. The predicted octanol–water partition coefficient (Wildman–Crippen LogP) is 4.03. The second kappa shape index (κ2) is 6.00. The Balaban J connectivity index is 1.72. The van der Waals surface area contributed by atoms with E-state index in [0.717, 1.165) is 5.39 Å². The molecule has 0 saturated carbocycles. The minimum atomic E-state index is -3.79. The lowest BCUT2D eigenvalue weighted by Crippen LogP contribution is -2.43. The Hall–Kier alpha value is -2.57. The van der Waals surface area contributed by atoms with Crippen LogP contribution in [0.25, 0.3) is 10.8 Å². The normalized spacial score (nSPS) is 15.8. The Morgan fingerprint density at radius 1 is 1.04 bits per heavy atom. The summed E-state index contributed by atoms with van der Waals surface area (Å²) >= 11 is 5.85. The van der Waals surface area contributed by atoms with Crippen molar-refractivity contribution in [2.45, 2.75) is 17.9 Å². The average molecular weight is 387 g/mol. The summed E-state index contributed by atoms with van der Waals surface area (Å²) < 4.78 is 27.3. The SMILES string of the molecule is C[C@@H](C(=O)Nc1ccc(Cl)cc1)N1c2cccc3cccc(c23)S1(=O)=O. The van der Waals surface area contributed by atoms with Gasteiger partial charge in [0.15, 0.2) is 0 Å². The number of benzene rings is 3. The highest BCUT2D eigenvalue weighted by molar-refractivity contribution is 7.93. The van der Waals surface area contributed by atoms with Crippen molar-refractivity contribution < 1.29 is 13.2 Å². The molecule has 3 aromatic rings. The summed E-state index contributed by atoms with van der Waals surface area (Å²) in [5.41, 5.74) is 1.08. The lowest BCUT2D eigenvalue weighted by atomic mass is 10.1. The molecule has 5 nitrogen and oxygen atoms in total. The second-order valence-corrected chi connectivity index (χ2v) is 8.32. The molecule has 0 unspecified atom stereocenters. The molecule has 0 saturated heterocycles. The van der Waals surface area contributed by atoms with E-state index in [0.29, 0.717) is 21.8 Å². The summed E-state index contributed by atoms with van der Waals surface area (Å²) in [6, 6.07) is 16.3. The van der Waals surface area contributed by atoms with Crippen LogP contribution in [0.5, 0.6) is 0 Å². The van der Waals surface area contributed by atoms with Gasteiger partial charge in [0.1, 0.15) is 6.04 Å². The summed E-state index contributed by atoms with van der Waals surface area (Å²) in [7, 11) is -3.79. The first-order valence-corrected chi connectivity index (χ1v) is 9.84. The fraction of sp³-hybridized carbons (Fsp3) is 0.105. The van der Waals surface area contributed by atoms with Crippen molar-refractivity contribution in [1.82, 2.24) is 0 Å². The maximum Gasteiger partial charge on any atom is 0.265 e. The smallest absolute Gasteiger partial charge is 0.265 e. The Morgan fingerprint density at radius 3 is 2.38 bits per heavy atom. The van der Waals surface area contributed by atoms with Crippen molar-refractivity contribution >= 4 is 49.7 Å². The van der Waals surface area contributed by atoms with E-state index in [2.05, 4.69) is 5.32 Å². The molecule has 0 bridgehead atoms. The minimum absolute atomic E-state index is 0.233. The number of nitrogens with one attached hydrogen (secondary N) is 1. The summed E-state index contributed by atoms with van der Waals surface area (Å²) in [5, 5.41) is 4.78. The number of amides is 1. The van der Waals surface area contributed by atoms with Crippen LogP contribution in [0, 0.1) is 0 Å². The minimum Gasteiger partial charge on any atom is -0.324 e. The molecule has 7 heteroatoms. The van der Waals surface area contributed by atoms with Crippen LogP contribution < -0.4 is 9.62 Å². The van der Waals surface area contributed by atoms with E-state index in [1.807, 2.05) is 12.1 Å². The van der Waals surface area contributed by atoms with E-state index in [9.17, 15) is 13.2 Å². The van der Waals surface area contributed by atoms with E-state index in [1.54, 1.807) is 55.5 Å². The molecule has 1 amide bonds. The molecule has 1 aliphatic heterocycles. The molecule has 1 heterocycles. The lowest BCUT2D eigenvalue weighted by Gasteiger charge is -2.25. The molecular weight excluding hydrogens is 372 g/mol. The number of hydrogen-bond acceptors (Lipinski definition) is 3. The second-order valence-electron chi connectivity index (χ2n) is 6.10. The standard InChI is InChI=1S/C19H15ClN2O3S/c1-12(19(23)21-15-10-8-14(20)9-11-15)22-16-6-2-4-13-5-3-7-17(18(13)16)26(22,24)25/h2-12H,1H3,(H,21,23)/t12-/m0/s1. The van der Waals surface area contributed by atoms with Crippen molar-refractivity contribution in [2.24, 2.45) is 0 Å². The zero-order chi connectivity index (χ0) is 18.5. The summed E-state index contributed by atoms with van der Waals surface area (Å²) in [4.78, 5) is 12.9. The van der Waals surface area contributed by atoms with Crippen LogP contribution in [0.2, 0.25) is 5.02 Å². The topological polar surface area (TPSA) is 66.5 Å². The Bertz CT molecular complexity index is 1120. The zero-order valence-corrected chi connectivity index (χ0v) is 15.4. The summed E-state index contributed by atoms with van der Waals surface area (Å²) in [6.07, 6.45) is 0. The van der Waals surface area contributed by atoms with Crippen molar-refractivity contribution in [3.05, 3.63) is 65.7 Å². The van der Waals surface area contributed by atoms with E-state index in [-0.39, 0.29) is 4.90 Å². The van der Waals surface area contributed by atoms with Crippen LogP contribution in [0.15, 0.2) is 65.6 Å². The number of hydrogen-bond donors (Lipinski definition) is 1. The van der Waals surface area contributed by atoms with Crippen molar-refractivity contribution in [2.75, 3.05) is 9.62 Å². The van der Waals surface area contributed by atoms with Gasteiger partial charge in [0.2, 0.25) is 5.91 Å². The van der Waals surface area contributed by atoms with Gasteiger partial charge in [0, 0.05) is 16.1 Å². The first-order valence-electron chi connectivity index (χ1n) is 8.02. The fourth-order valence-corrected chi connectivity index (χ4v) is 5.22. The first-order chi connectivity index (χ1) is 12.4. The summed E-state index contributed by atoms with van der Waals surface area (Å²) in [5.74, 6) is -0.416. The zero-order valence-electron chi connectivity index (χ0n) is 13.8. The monoisotopic (exact) mass is 386 g/mol. The number of nitrogens with zero attached hydrogens (tertiary/aromatic N) is 1. The highest BCUT2D eigenvalue weighted by atomic mass is 35.5. The molecule has 4 rings (SSSR count). The molecule has 3 aromatic carbocycles. The van der Waals surface area contributed by atoms with Gasteiger partial charge < -0.3 is 5.32 Å². The molecule has 0 spiro atoms. The third kappa shape index (κ3) is 2.53. The molecule has 1 aliphatic rings. The van der Waals surface area contributed by atoms with Gasteiger partial charge in [-0.3, -0.25) is 9.10 Å². The Labute approximate surface area is 156 Å². The molecule has 1 N–H and O–H groups in total. The lowest BCUT2D eigenvalue weighted by molar-refractivity contribution is -0.116. The van der Waals surface area contributed by atoms with Crippen LogP contribution >= 0.6 is 11.6 Å². The van der Waals surface area contributed by atoms with Gasteiger partial charge in [0.05, 0.1) is 10.6 Å². The fourth-order valence-electron chi connectivity index (χ4n) is 3.22. The van der Waals surface area contributed by atoms with E-state index in [4.69, 9.17) is 11.6 Å². The molecule has 1 atom stereocenters. The van der Waals surface area contributed by atoms with Crippen LogP contribution in [0.1, 0.15) is 6.92 Å². The molecule has 132 valence electrons. The largest absolute Gasteiger partial charge is 0.324 e. The molecule has 0 radical (unpaired) electrons. The van der Waals surface area contributed by atoms with Crippen LogP contribution in [-0.4, -0.2) is 20.4 Å². The third-order valence-electron chi connectivity index (χ3n) is 4.46. The van der Waals surface area contributed by atoms with Gasteiger partial charge in [-0.25, -0.2) is 8.42 Å². The van der Waals surface area contributed by atoms with Crippen LogP contribution in [0.3, 0.4) is 0 Å². The quantitative estimate of drug-likeness (QED) is 0.739. The maximum absolute atomic E-state index is 13.0.